The van der Waals surface area contributed by atoms with Gasteiger partial charge in [-0.05, 0) is 24.0 Å². The molecular weight excluding hydrogens is 239 g/mol. The molecule has 0 atom stereocenters. The third kappa shape index (κ3) is 4.60. The largest absolute Gasteiger partial charge is 0.392 e. The average Bonchev–Trinajstić information content (AvgIpc) is 2.39. The van der Waals surface area contributed by atoms with E-state index in [0.29, 0.717) is 6.16 Å². The summed E-state index contributed by atoms with van der Waals surface area (Å²) in [6.45, 7) is 0.0584. The molecule has 1 N–H and O–H groups in total. The van der Waals surface area contributed by atoms with E-state index in [0.717, 1.165) is 24.0 Å². The number of hydrogen-bond acceptors (Lipinski definition) is 4. The average molecular weight is 258 g/mol. The van der Waals surface area contributed by atoms with Crippen molar-refractivity contribution in [2.24, 2.45) is 0 Å². The molecule has 0 spiro atoms. The summed E-state index contributed by atoms with van der Waals surface area (Å²) in [7, 11) is -0.0672. The maximum atomic E-state index is 11.8. The van der Waals surface area contributed by atoms with Crippen molar-refractivity contribution in [3.05, 3.63) is 35.4 Å². The van der Waals surface area contributed by atoms with E-state index >= 15 is 0 Å². The molecule has 0 unspecified atom stereocenters. The van der Waals surface area contributed by atoms with E-state index in [9.17, 15) is 4.57 Å². The van der Waals surface area contributed by atoms with Gasteiger partial charge < -0.3 is 14.2 Å². The minimum absolute atomic E-state index is 0.0584. The Morgan fingerprint density at radius 1 is 1.12 bits per heavy atom. The standard InChI is InChI=1S/C12H19O4P/c1-15-17(14,16-2)9-3-4-11-5-7-12(10-13)8-6-11/h5-8,13H,3-4,9-10H2,1-2H3. The number of rotatable bonds is 7. The van der Waals surface area contributed by atoms with Crippen molar-refractivity contribution in [2.75, 3.05) is 20.4 Å². The van der Waals surface area contributed by atoms with Crippen LogP contribution < -0.4 is 0 Å². The maximum Gasteiger partial charge on any atom is 0.330 e. The van der Waals surface area contributed by atoms with E-state index in [1.54, 1.807) is 0 Å². The van der Waals surface area contributed by atoms with Crippen LogP contribution in [-0.2, 0) is 26.6 Å². The molecule has 0 aromatic heterocycles. The monoisotopic (exact) mass is 258 g/mol. The Morgan fingerprint density at radius 3 is 2.12 bits per heavy atom. The molecule has 17 heavy (non-hydrogen) atoms. The molecule has 0 aliphatic rings. The predicted molar refractivity (Wildman–Crippen MR) is 67.2 cm³/mol. The fraction of sp³-hybridized carbons (Fsp3) is 0.500. The van der Waals surface area contributed by atoms with Crippen LogP contribution in [0.25, 0.3) is 0 Å². The highest BCUT2D eigenvalue weighted by molar-refractivity contribution is 7.53. The lowest BCUT2D eigenvalue weighted by molar-refractivity contribution is 0.275. The van der Waals surface area contributed by atoms with E-state index in [2.05, 4.69) is 0 Å². The number of benzene rings is 1. The molecule has 1 aromatic carbocycles. The van der Waals surface area contributed by atoms with E-state index in [1.165, 1.54) is 14.2 Å². The van der Waals surface area contributed by atoms with Crippen molar-refractivity contribution in [3.8, 4) is 0 Å². The fourth-order valence-electron chi connectivity index (χ4n) is 1.55. The molecule has 1 aromatic rings. The van der Waals surface area contributed by atoms with Crippen molar-refractivity contribution in [1.29, 1.82) is 0 Å². The summed E-state index contributed by atoms with van der Waals surface area (Å²) in [4.78, 5) is 0. The lowest BCUT2D eigenvalue weighted by atomic mass is 10.1. The molecule has 0 saturated carbocycles. The van der Waals surface area contributed by atoms with Gasteiger partial charge in [-0.25, -0.2) is 0 Å². The second-order valence-corrected chi connectivity index (χ2v) is 6.18. The van der Waals surface area contributed by atoms with Gasteiger partial charge >= 0.3 is 7.60 Å². The number of aliphatic hydroxyl groups is 1. The first-order chi connectivity index (χ1) is 8.13. The van der Waals surface area contributed by atoms with Gasteiger partial charge in [0, 0.05) is 14.2 Å². The minimum Gasteiger partial charge on any atom is -0.392 e. The Kier molecular flexibility index (Phi) is 5.86. The highest BCUT2D eigenvalue weighted by atomic mass is 31.2. The van der Waals surface area contributed by atoms with Crippen molar-refractivity contribution in [3.63, 3.8) is 0 Å². The minimum atomic E-state index is -2.87. The van der Waals surface area contributed by atoms with Crippen LogP contribution in [-0.4, -0.2) is 25.5 Å². The van der Waals surface area contributed by atoms with E-state index in [4.69, 9.17) is 14.2 Å². The summed E-state index contributed by atoms with van der Waals surface area (Å²) >= 11 is 0. The zero-order chi connectivity index (χ0) is 12.7. The summed E-state index contributed by atoms with van der Waals surface area (Å²) in [5.41, 5.74) is 2.05. The summed E-state index contributed by atoms with van der Waals surface area (Å²) in [5, 5.41) is 8.91. The van der Waals surface area contributed by atoms with Crippen LogP contribution in [0.1, 0.15) is 17.5 Å². The summed E-state index contributed by atoms with van der Waals surface area (Å²) < 4.78 is 21.5. The van der Waals surface area contributed by atoms with E-state index < -0.39 is 7.60 Å². The smallest absolute Gasteiger partial charge is 0.330 e. The third-order valence-electron chi connectivity index (χ3n) is 2.66. The van der Waals surface area contributed by atoms with Gasteiger partial charge in [-0.15, -0.1) is 0 Å². The van der Waals surface area contributed by atoms with E-state index in [-0.39, 0.29) is 6.61 Å². The molecule has 96 valence electrons. The SMILES string of the molecule is COP(=O)(CCCc1ccc(CO)cc1)OC. The maximum absolute atomic E-state index is 11.8. The molecule has 0 radical (unpaired) electrons. The van der Waals surface area contributed by atoms with Crippen molar-refractivity contribution in [2.45, 2.75) is 19.4 Å². The highest BCUT2D eigenvalue weighted by Gasteiger charge is 2.19. The van der Waals surface area contributed by atoms with Gasteiger partial charge in [0.25, 0.3) is 0 Å². The first-order valence-corrected chi connectivity index (χ1v) is 7.25. The van der Waals surface area contributed by atoms with Crippen LogP contribution >= 0.6 is 7.60 Å². The highest BCUT2D eigenvalue weighted by Crippen LogP contribution is 2.46. The first kappa shape index (κ1) is 14.4. The van der Waals surface area contributed by atoms with Gasteiger partial charge in [0.05, 0.1) is 12.8 Å². The fourth-order valence-corrected chi connectivity index (χ4v) is 2.60. The second kappa shape index (κ2) is 6.92. The Balaban J connectivity index is 2.42. The van der Waals surface area contributed by atoms with E-state index in [1.807, 2.05) is 24.3 Å². The zero-order valence-electron chi connectivity index (χ0n) is 10.3. The van der Waals surface area contributed by atoms with Crippen LogP contribution in [0.3, 0.4) is 0 Å². The first-order valence-electron chi connectivity index (χ1n) is 5.53. The molecule has 0 aliphatic carbocycles. The van der Waals surface area contributed by atoms with Crippen molar-refractivity contribution in [1.82, 2.24) is 0 Å². The quantitative estimate of drug-likeness (QED) is 0.764. The van der Waals surface area contributed by atoms with Gasteiger partial charge in [0.2, 0.25) is 0 Å². The molecule has 0 amide bonds. The van der Waals surface area contributed by atoms with Crippen LogP contribution in [0.4, 0.5) is 0 Å². The van der Waals surface area contributed by atoms with Crippen molar-refractivity contribution >= 4 is 7.60 Å². The molecule has 0 aliphatic heterocycles. The molecular formula is C12H19O4P. The van der Waals surface area contributed by atoms with Gasteiger partial charge in [0.1, 0.15) is 0 Å². The summed E-state index contributed by atoms with van der Waals surface area (Å²) in [6.07, 6.45) is 1.99. The Bertz CT molecular complexity index is 367. The summed E-state index contributed by atoms with van der Waals surface area (Å²) in [6, 6.07) is 7.72. The van der Waals surface area contributed by atoms with Gasteiger partial charge in [0.15, 0.2) is 0 Å². The molecule has 0 bridgehead atoms. The Morgan fingerprint density at radius 2 is 1.65 bits per heavy atom. The van der Waals surface area contributed by atoms with Gasteiger partial charge in [-0.1, -0.05) is 24.3 Å². The Labute approximate surface area is 102 Å². The normalized spacial score (nSPS) is 11.7. The summed E-state index contributed by atoms with van der Waals surface area (Å²) in [5.74, 6) is 0. The Hall–Kier alpha value is -0.670. The molecule has 5 heteroatoms. The zero-order valence-corrected chi connectivity index (χ0v) is 11.2. The third-order valence-corrected chi connectivity index (χ3v) is 4.64. The number of aryl methyl sites for hydroxylation is 1. The van der Waals surface area contributed by atoms with Gasteiger partial charge in [-0.3, -0.25) is 4.57 Å². The van der Waals surface area contributed by atoms with Crippen LogP contribution in [0.15, 0.2) is 24.3 Å². The lowest BCUT2D eigenvalue weighted by Crippen LogP contribution is -1.97. The number of aliphatic hydroxyl groups excluding tert-OH is 1. The predicted octanol–water partition coefficient (Wildman–Crippen LogP) is 2.60. The second-order valence-electron chi connectivity index (χ2n) is 3.78. The topological polar surface area (TPSA) is 55.8 Å². The number of hydrogen-bond donors (Lipinski definition) is 1. The van der Waals surface area contributed by atoms with Crippen molar-refractivity contribution < 1.29 is 18.7 Å². The molecule has 0 heterocycles. The van der Waals surface area contributed by atoms with Crippen LogP contribution in [0, 0.1) is 0 Å². The molecule has 4 nitrogen and oxygen atoms in total. The van der Waals surface area contributed by atoms with Crippen LogP contribution in [0.2, 0.25) is 0 Å². The molecule has 0 saturated heterocycles. The molecule has 0 fully saturated rings. The molecule has 1 rings (SSSR count). The lowest BCUT2D eigenvalue weighted by Gasteiger charge is -2.13. The van der Waals surface area contributed by atoms with Gasteiger partial charge in [-0.2, -0.15) is 0 Å². The van der Waals surface area contributed by atoms with Crippen LogP contribution in [0.5, 0.6) is 0 Å².